The van der Waals surface area contributed by atoms with E-state index in [9.17, 15) is 9.59 Å². The van der Waals surface area contributed by atoms with Gasteiger partial charge in [-0.2, -0.15) is 0 Å². The minimum atomic E-state index is -0.619. The normalized spacial score (nSPS) is 10.4. The van der Waals surface area contributed by atoms with Crippen LogP contribution in [0.15, 0.2) is 28.9 Å². The van der Waals surface area contributed by atoms with Crippen molar-refractivity contribution >= 4 is 11.9 Å². The highest BCUT2D eigenvalue weighted by atomic mass is 16.5. The molecule has 1 heterocycles. The largest absolute Gasteiger partial charge is 0.496 e. The van der Waals surface area contributed by atoms with Crippen LogP contribution in [0.5, 0.6) is 11.5 Å². The predicted octanol–water partition coefficient (Wildman–Crippen LogP) is 1.77. The highest BCUT2D eigenvalue weighted by Gasteiger charge is 2.25. The van der Waals surface area contributed by atoms with Crippen molar-refractivity contribution in [3.05, 3.63) is 41.6 Å². The first kappa shape index (κ1) is 20.2. The molecule has 0 atom stereocenters. The number of hydrogen-bond donors (Lipinski definition) is 0. The molecule has 9 nitrogen and oxygen atoms in total. The standard InChI is InChI=1S/C18H22N2O7/c1-23-9-8-20(10-15-19-12(11-27-15)18(22)26-4)17(21)16-13(24-2)6-5-7-14(16)25-3/h5-7,11H,8-10H2,1-4H3. The van der Waals surface area contributed by atoms with Gasteiger partial charge in [-0.15, -0.1) is 0 Å². The summed E-state index contributed by atoms with van der Waals surface area (Å²) in [6.45, 7) is 0.598. The first-order chi connectivity index (χ1) is 13.0. The van der Waals surface area contributed by atoms with Gasteiger partial charge in [0.15, 0.2) is 5.69 Å². The lowest BCUT2D eigenvalue weighted by Crippen LogP contribution is -2.34. The molecule has 0 N–H and O–H groups in total. The van der Waals surface area contributed by atoms with Crippen LogP contribution in [0.25, 0.3) is 0 Å². The zero-order chi connectivity index (χ0) is 19.8. The summed E-state index contributed by atoms with van der Waals surface area (Å²) in [5.41, 5.74) is 0.305. The van der Waals surface area contributed by atoms with Crippen molar-refractivity contribution in [2.75, 3.05) is 41.6 Å². The van der Waals surface area contributed by atoms with Gasteiger partial charge in [-0.25, -0.2) is 9.78 Å². The summed E-state index contributed by atoms with van der Waals surface area (Å²) in [7, 11) is 5.73. The summed E-state index contributed by atoms with van der Waals surface area (Å²) >= 11 is 0. The van der Waals surface area contributed by atoms with Gasteiger partial charge in [0.1, 0.15) is 23.3 Å². The number of carbonyl (C=O) groups excluding carboxylic acids is 2. The number of aromatic nitrogens is 1. The van der Waals surface area contributed by atoms with Crippen LogP contribution in [0.4, 0.5) is 0 Å². The van der Waals surface area contributed by atoms with Gasteiger partial charge in [0.2, 0.25) is 5.89 Å². The van der Waals surface area contributed by atoms with Gasteiger partial charge < -0.3 is 28.3 Å². The predicted molar refractivity (Wildman–Crippen MR) is 94.0 cm³/mol. The SMILES string of the molecule is COCCN(Cc1nc(C(=O)OC)co1)C(=O)c1c(OC)cccc1OC. The molecule has 1 aromatic heterocycles. The first-order valence-electron chi connectivity index (χ1n) is 8.07. The average Bonchev–Trinajstić information content (AvgIpc) is 3.17. The lowest BCUT2D eigenvalue weighted by atomic mass is 10.1. The van der Waals surface area contributed by atoms with Crippen LogP contribution in [0.2, 0.25) is 0 Å². The molecule has 0 unspecified atom stereocenters. The topological polar surface area (TPSA) is 100 Å². The van der Waals surface area contributed by atoms with Crippen molar-refractivity contribution in [1.29, 1.82) is 0 Å². The molecule has 0 saturated heterocycles. The van der Waals surface area contributed by atoms with Crippen LogP contribution in [0, 0.1) is 0 Å². The molecule has 0 aliphatic heterocycles. The summed E-state index contributed by atoms with van der Waals surface area (Å²) in [5.74, 6) is -0.0205. The Morgan fingerprint density at radius 2 is 1.78 bits per heavy atom. The minimum Gasteiger partial charge on any atom is -0.496 e. The first-order valence-corrected chi connectivity index (χ1v) is 8.07. The molecule has 0 bridgehead atoms. The molecule has 1 amide bonds. The number of benzene rings is 1. The second kappa shape index (κ2) is 9.58. The third-order valence-corrected chi connectivity index (χ3v) is 3.77. The third kappa shape index (κ3) is 4.76. The van der Waals surface area contributed by atoms with Gasteiger partial charge in [0, 0.05) is 13.7 Å². The fraction of sp³-hybridized carbons (Fsp3) is 0.389. The Balaban J connectivity index is 2.32. The van der Waals surface area contributed by atoms with Gasteiger partial charge in [-0.3, -0.25) is 4.79 Å². The number of esters is 1. The second-order valence-corrected chi connectivity index (χ2v) is 5.38. The number of amides is 1. The van der Waals surface area contributed by atoms with E-state index in [2.05, 4.69) is 9.72 Å². The van der Waals surface area contributed by atoms with E-state index in [0.717, 1.165) is 0 Å². The molecule has 0 fully saturated rings. The second-order valence-electron chi connectivity index (χ2n) is 5.38. The van der Waals surface area contributed by atoms with Crippen molar-refractivity contribution in [1.82, 2.24) is 9.88 Å². The molecule has 0 aliphatic rings. The van der Waals surface area contributed by atoms with Gasteiger partial charge in [-0.05, 0) is 12.1 Å². The molecule has 0 radical (unpaired) electrons. The number of ether oxygens (including phenoxy) is 4. The Bertz CT molecular complexity index is 766. The molecule has 146 valence electrons. The zero-order valence-electron chi connectivity index (χ0n) is 15.7. The zero-order valence-corrected chi connectivity index (χ0v) is 15.7. The summed E-state index contributed by atoms with van der Waals surface area (Å²) in [5, 5.41) is 0. The van der Waals surface area contributed by atoms with Gasteiger partial charge in [-0.1, -0.05) is 6.07 Å². The average molecular weight is 378 g/mol. The minimum absolute atomic E-state index is 0.0282. The van der Waals surface area contributed by atoms with Crippen LogP contribution >= 0.6 is 0 Å². The summed E-state index contributed by atoms with van der Waals surface area (Å²) < 4.78 is 25.6. The van der Waals surface area contributed by atoms with Gasteiger partial charge in [0.25, 0.3) is 5.91 Å². The third-order valence-electron chi connectivity index (χ3n) is 3.77. The molecule has 1 aromatic carbocycles. The molecule has 2 rings (SSSR count). The van der Waals surface area contributed by atoms with Crippen LogP contribution in [-0.2, 0) is 16.0 Å². The molecule has 0 aliphatic carbocycles. The number of rotatable bonds is 9. The smallest absolute Gasteiger partial charge is 0.360 e. The van der Waals surface area contributed by atoms with E-state index >= 15 is 0 Å². The van der Waals surface area contributed by atoms with E-state index in [1.807, 2.05) is 0 Å². The Morgan fingerprint density at radius 3 is 2.33 bits per heavy atom. The lowest BCUT2D eigenvalue weighted by molar-refractivity contribution is 0.0594. The molecular weight excluding hydrogens is 356 g/mol. The fourth-order valence-electron chi connectivity index (χ4n) is 2.42. The summed E-state index contributed by atoms with van der Waals surface area (Å²) in [6.07, 6.45) is 1.18. The van der Waals surface area contributed by atoms with E-state index in [1.54, 1.807) is 18.2 Å². The number of methoxy groups -OCH3 is 4. The fourth-order valence-corrected chi connectivity index (χ4v) is 2.42. The number of oxazole rings is 1. The van der Waals surface area contributed by atoms with Gasteiger partial charge >= 0.3 is 5.97 Å². The van der Waals surface area contributed by atoms with Crippen molar-refractivity contribution in [3.63, 3.8) is 0 Å². The van der Waals surface area contributed by atoms with Crippen molar-refractivity contribution in [2.24, 2.45) is 0 Å². The summed E-state index contributed by atoms with van der Waals surface area (Å²) in [4.78, 5) is 30.2. The maximum absolute atomic E-state index is 13.2. The van der Waals surface area contributed by atoms with Crippen LogP contribution in [-0.4, -0.2) is 63.4 Å². The maximum Gasteiger partial charge on any atom is 0.360 e. The molecule has 27 heavy (non-hydrogen) atoms. The Morgan fingerprint density at radius 1 is 1.11 bits per heavy atom. The molecule has 9 heteroatoms. The van der Waals surface area contributed by atoms with Gasteiger partial charge in [0.05, 0.1) is 34.5 Å². The van der Waals surface area contributed by atoms with Crippen LogP contribution in [0.3, 0.4) is 0 Å². The Kier molecular flexibility index (Phi) is 7.18. The monoisotopic (exact) mass is 378 g/mol. The highest BCUT2D eigenvalue weighted by Crippen LogP contribution is 2.30. The quantitative estimate of drug-likeness (QED) is 0.609. The van der Waals surface area contributed by atoms with E-state index < -0.39 is 5.97 Å². The van der Waals surface area contributed by atoms with Crippen molar-refractivity contribution in [3.8, 4) is 11.5 Å². The van der Waals surface area contributed by atoms with E-state index in [4.69, 9.17) is 18.6 Å². The molecule has 0 spiro atoms. The van der Waals surface area contributed by atoms with Crippen LogP contribution in [0.1, 0.15) is 26.7 Å². The van der Waals surface area contributed by atoms with E-state index in [1.165, 1.54) is 39.6 Å². The summed E-state index contributed by atoms with van der Waals surface area (Å²) in [6, 6.07) is 5.07. The number of nitrogens with zero attached hydrogens (tertiary/aromatic N) is 2. The van der Waals surface area contributed by atoms with E-state index in [0.29, 0.717) is 18.1 Å². The highest BCUT2D eigenvalue weighted by molar-refractivity contribution is 5.99. The molecule has 0 saturated carbocycles. The molecular formula is C18H22N2O7. The Labute approximate surface area is 156 Å². The van der Waals surface area contributed by atoms with Crippen molar-refractivity contribution < 1.29 is 33.0 Å². The maximum atomic E-state index is 13.2. The number of hydrogen-bond acceptors (Lipinski definition) is 8. The lowest BCUT2D eigenvalue weighted by Gasteiger charge is -2.23. The number of carbonyl (C=O) groups is 2. The van der Waals surface area contributed by atoms with E-state index in [-0.39, 0.29) is 36.1 Å². The Hall–Kier alpha value is -3.07. The molecule has 2 aromatic rings. The van der Waals surface area contributed by atoms with Crippen LogP contribution < -0.4 is 9.47 Å². The van der Waals surface area contributed by atoms with Crippen molar-refractivity contribution in [2.45, 2.75) is 6.54 Å².